The largest absolute Gasteiger partial charge is 0.356 e. The number of amides is 1. The van der Waals surface area contributed by atoms with Gasteiger partial charge in [-0.25, -0.2) is 8.42 Å². The van der Waals surface area contributed by atoms with Crippen LogP contribution in [0.3, 0.4) is 0 Å². The van der Waals surface area contributed by atoms with Crippen molar-refractivity contribution in [1.29, 1.82) is 0 Å². The highest BCUT2D eigenvalue weighted by Gasteiger charge is 2.43. The number of piperidine rings is 1. The van der Waals surface area contributed by atoms with Gasteiger partial charge in [-0.3, -0.25) is 4.79 Å². The zero-order valence-electron chi connectivity index (χ0n) is 11.2. The molecule has 104 valence electrons. The van der Waals surface area contributed by atoms with E-state index in [1.165, 1.54) is 0 Å². The SMILES string of the molecule is CC(C)(C1CCC(=O)NC1)S(=O)(=O)c1ccccc1. The fourth-order valence-corrected chi connectivity index (χ4v) is 4.21. The summed E-state index contributed by atoms with van der Waals surface area (Å²) in [4.78, 5) is 11.5. The van der Waals surface area contributed by atoms with Gasteiger partial charge in [0, 0.05) is 13.0 Å². The van der Waals surface area contributed by atoms with Crippen LogP contribution in [-0.4, -0.2) is 25.6 Å². The number of nitrogens with one attached hydrogen (secondary N) is 1. The van der Waals surface area contributed by atoms with E-state index in [1.807, 2.05) is 0 Å². The third kappa shape index (κ3) is 2.52. The Balaban J connectivity index is 2.31. The van der Waals surface area contributed by atoms with Gasteiger partial charge in [-0.2, -0.15) is 0 Å². The van der Waals surface area contributed by atoms with E-state index in [-0.39, 0.29) is 11.8 Å². The number of hydrogen-bond acceptors (Lipinski definition) is 3. The first-order valence-corrected chi connectivity index (χ1v) is 7.90. The lowest BCUT2D eigenvalue weighted by Crippen LogP contribution is -2.48. The highest BCUT2D eigenvalue weighted by atomic mass is 32.2. The molecule has 0 aliphatic carbocycles. The molecule has 2 rings (SSSR count). The van der Waals surface area contributed by atoms with Crippen LogP contribution < -0.4 is 5.32 Å². The zero-order chi connectivity index (χ0) is 14.1. The van der Waals surface area contributed by atoms with Crippen LogP contribution in [0.5, 0.6) is 0 Å². The molecule has 1 aliphatic heterocycles. The number of rotatable bonds is 3. The molecule has 1 atom stereocenters. The van der Waals surface area contributed by atoms with Crippen LogP contribution >= 0.6 is 0 Å². The molecule has 1 fully saturated rings. The molecule has 1 aromatic rings. The molecule has 0 spiro atoms. The summed E-state index contributed by atoms with van der Waals surface area (Å²) in [6.07, 6.45) is 1.02. The first kappa shape index (κ1) is 14.1. The summed E-state index contributed by atoms with van der Waals surface area (Å²) in [6.45, 7) is 3.92. The van der Waals surface area contributed by atoms with Crippen molar-refractivity contribution in [1.82, 2.24) is 5.32 Å². The van der Waals surface area contributed by atoms with E-state index >= 15 is 0 Å². The molecule has 0 saturated carbocycles. The van der Waals surface area contributed by atoms with E-state index in [0.717, 1.165) is 0 Å². The molecule has 1 N–H and O–H groups in total. The zero-order valence-corrected chi connectivity index (χ0v) is 12.0. The molecule has 1 aromatic carbocycles. The summed E-state index contributed by atoms with van der Waals surface area (Å²) < 4.78 is 24.6. The quantitative estimate of drug-likeness (QED) is 0.918. The van der Waals surface area contributed by atoms with Gasteiger partial charge in [0.25, 0.3) is 0 Å². The Morgan fingerprint density at radius 3 is 2.37 bits per heavy atom. The molecular formula is C14H19NO3S. The standard InChI is InChI=1S/C14H19NO3S/c1-14(2,11-8-9-13(16)15-10-11)19(17,18)12-6-4-3-5-7-12/h3-7,11H,8-10H2,1-2H3,(H,15,16). The topological polar surface area (TPSA) is 63.2 Å². The normalized spacial score (nSPS) is 20.9. The van der Waals surface area contributed by atoms with Crippen molar-refractivity contribution < 1.29 is 13.2 Å². The Labute approximate surface area is 114 Å². The number of carbonyl (C=O) groups is 1. The highest BCUT2D eigenvalue weighted by molar-refractivity contribution is 7.92. The van der Waals surface area contributed by atoms with Gasteiger partial charge in [0.2, 0.25) is 5.91 Å². The minimum absolute atomic E-state index is 0.00385. The van der Waals surface area contributed by atoms with E-state index in [2.05, 4.69) is 5.32 Å². The smallest absolute Gasteiger partial charge is 0.220 e. The van der Waals surface area contributed by atoms with Gasteiger partial charge in [-0.15, -0.1) is 0 Å². The van der Waals surface area contributed by atoms with Crippen molar-refractivity contribution in [3.05, 3.63) is 30.3 Å². The molecule has 1 unspecified atom stereocenters. The maximum absolute atomic E-state index is 12.7. The molecule has 1 heterocycles. The van der Waals surface area contributed by atoms with E-state index in [9.17, 15) is 13.2 Å². The highest BCUT2D eigenvalue weighted by Crippen LogP contribution is 2.35. The second-order valence-electron chi connectivity index (χ2n) is 5.46. The first-order chi connectivity index (χ1) is 8.85. The number of hydrogen-bond donors (Lipinski definition) is 1. The maximum atomic E-state index is 12.7. The molecule has 1 aliphatic rings. The summed E-state index contributed by atoms with van der Waals surface area (Å²) >= 11 is 0. The fraction of sp³-hybridized carbons (Fsp3) is 0.500. The van der Waals surface area contributed by atoms with Crippen LogP contribution in [0.2, 0.25) is 0 Å². The van der Waals surface area contributed by atoms with Crippen LogP contribution in [0.25, 0.3) is 0 Å². The lowest BCUT2D eigenvalue weighted by Gasteiger charge is -2.36. The van der Waals surface area contributed by atoms with Gasteiger partial charge < -0.3 is 5.32 Å². The summed E-state index contributed by atoms with van der Waals surface area (Å²) in [7, 11) is -3.41. The van der Waals surface area contributed by atoms with Crippen LogP contribution in [0.1, 0.15) is 26.7 Å². The minimum Gasteiger partial charge on any atom is -0.356 e. The van der Waals surface area contributed by atoms with Crippen LogP contribution in [0.15, 0.2) is 35.2 Å². The van der Waals surface area contributed by atoms with Crippen LogP contribution in [0, 0.1) is 5.92 Å². The third-order valence-corrected chi connectivity index (χ3v) is 6.61. The summed E-state index contributed by atoms with van der Waals surface area (Å²) in [6, 6.07) is 8.50. The average molecular weight is 281 g/mol. The predicted molar refractivity (Wildman–Crippen MR) is 73.4 cm³/mol. The Morgan fingerprint density at radius 1 is 1.21 bits per heavy atom. The van der Waals surface area contributed by atoms with Crippen LogP contribution in [0.4, 0.5) is 0 Å². The average Bonchev–Trinajstić information content (AvgIpc) is 2.40. The Kier molecular flexibility index (Phi) is 3.67. The van der Waals surface area contributed by atoms with Crippen LogP contribution in [-0.2, 0) is 14.6 Å². The van der Waals surface area contributed by atoms with Crippen molar-refractivity contribution in [3.8, 4) is 0 Å². The van der Waals surface area contributed by atoms with Gasteiger partial charge in [0.1, 0.15) is 0 Å². The van der Waals surface area contributed by atoms with E-state index < -0.39 is 14.6 Å². The molecule has 1 amide bonds. The van der Waals surface area contributed by atoms with Crippen molar-refractivity contribution in [3.63, 3.8) is 0 Å². The third-order valence-electron chi connectivity index (χ3n) is 3.99. The van der Waals surface area contributed by atoms with E-state index in [1.54, 1.807) is 44.2 Å². The summed E-state index contributed by atoms with van der Waals surface area (Å²) in [5.74, 6) is -0.0560. The number of carbonyl (C=O) groups excluding carboxylic acids is 1. The molecule has 1 saturated heterocycles. The number of benzene rings is 1. The first-order valence-electron chi connectivity index (χ1n) is 6.42. The molecule has 0 aromatic heterocycles. The van der Waals surface area contributed by atoms with Gasteiger partial charge in [0.05, 0.1) is 9.64 Å². The Bertz CT molecular complexity index is 554. The molecule has 19 heavy (non-hydrogen) atoms. The van der Waals surface area contributed by atoms with Crippen molar-refractivity contribution in [2.45, 2.75) is 36.3 Å². The molecule has 0 radical (unpaired) electrons. The molecular weight excluding hydrogens is 262 g/mol. The minimum atomic E-state index is -3.41. The predicted octanol–water partition coefficient (Wildman–Crippen LogP) is 1.77. The summed E-state index contributed by atoms with van der Waals surface area (Å²) in [5.41, 5.74) is 0. The van der Waals surface area contributed by atoms with Crippen molar-refractivity contribution >= 4 is 15.7 Å². The molecule has 5 heteroatoms. The second kappa shape index (κ2) is 4.96. The summed E-state index contributed by atoms with van der Waals surface area (Å²) in [5, 5.41) is 2.76. The van der Waals surface area contributed by atoms with Gasteiger partial charge in [-0.05, 0) is 38.3 Å². The van der Waals surface area contributed by atoms with Gasteiger partial charge in [0.15, 0.2) is 9.84 Å². The van der Waals surface area contributed by atoms with Gasteiger partial charge in [-0.1, -0.05) is 18.2 Å². The van der Waals surface area contributed by atoms with E-state index in [4.69, 9.17) is 0 Å². The molecule has 0 bridgehead atoms. The Morgan fingerprint density at radius 2 is 1.84 bits per heavy atom. The van der Waals surface area contributed by atoms with Crippen molar-refractivity contribution in [2.24, 2.45) is 5.92 Å². The van der Waals surface area contributed by atoms with Gasteiger partial charge >= 0.3 is 0 Å². The molecule has 4 nitrogen and oxygen atoms in total. The Hall–Kier alpha value is -1.36. The van der Waals surface area contributed by atoms with Crippen molar-refractivity contribution in [2.75, 3.05) is 6.54 Å². The maximum Gasteiger partial charge on any atom is 0.220 e. The lowest BCUT2D eigenvalue weighted by atomic mass is 9.88. The van der Waals surface area contributed by atoms with E-state index in [0.29, 0.717) is 24.3 Å². The number of sulfone groups is 1. The fourth-order valence-electron chi connectivity index (χ4n) is 2.45. The second-order valence-corrected chi connectivity index (χ2v) is 7.99. The monoisotopic (exact) mass is 281 g/mol. The lowest BCUT2D eigenvalue weighted by molar-refractivity contribution is -0.123.